The van der Waals surface area contributed by atoms with Gasteiger partial charge in [0.1, 0.15) is 9.71 Å². The molecule has 4 rings (SSSR count). The lowest BCUT2D eigenvalue weighted by Crippen LogP contribution is -2.14. The number of hydrogen-bond acceptors (Lipinski definition) is 5. The van der Waals surface area contributed by atoms with Gasteiger partial charge in [0.05, 0.1) is 11.4 Å². The Morgan fingerprint density at radius 2 is 1.84 bits per heavy atom. The monoisotopic (exact) mass is 469 g/mol. The highest BCUT2D eigenvalue weighted by Crippen LogP contribution is 2.31. The zero-order chi connectivity index (χ0) is 23.0. The van der Waals surface area contributed by atoms with E-state index in [1.165, 1.54) is 11.3 Å². The molecule has 0 amide bonds. The van der Waals surface area contributed by atoms with E-state index in [-0.39, 0.29) is 12.4 Å². The molecule has 0 saturated heterocycles. The van der Waals surface area contributed by atoms with Crippen LogP contribution in [0.25, 0.3) is 15.9 Å². The molecule has 4 aromatic rings. The Balaban J connectivity index is 1.52. The molecule has 0 aliphatic heterocycles. The molecule has 166 valence electrons. The first-order valence-corrected chi connectivity index (χ1v) is 11.6. The van der Waals surface area contributed by atoms with Crippen LogP contribution in [-0.4, -0.2) is 32.7 Å². The van der Waals surface area contributed by atoms with Crippen molar-refractivity contribution in [3.63, 3.8) is 0 Å². The molecule has 0 aliphatic carbocycles. The summed E-state index contributed by atoms with van der Waals surface area (Å²) in [6.07, 6.45) is 0.984. The highest BCUT2D eigenvalue weighted by molar-refractivity contribution is 7.20. The molecule has 0 fully saturated rings. The Labute approximate surface area is 195 Å². The van der Waals surface area contributed by atoms with Crippen LogP contribution in [0, 0.1) is 20.8 Å². The fourth-order valence-corrected chi connectivity index (χ4v) is 5.04. The van der Waals surface area contributed by atoms with Gasteiger partial charge in [0.2, 0.25) is 5.78 Å². The Morgan fingerprint density at radius 1 is 1.12 bits per heavy atom. The van der Waals surface area contributed by atoms with E-state index in [0.717, 1.165) is 46.0 Å². The van der Waals surface area contributed by atoms with Crippen LogP contribution >= 0.6 is 22.9 Å². The lowest BCUT2D eigenvalue weighted by Gasteiger charge is -2.07. The van der Waals surface area contributed by atoms with Crippen LogP contribution in [0.1, 0.15) is 50.5 Å². The largest absolute Gasteiger partial charge is 0.453 e. The number of ether oxygens (including phenoxy) is 1. The third kappa shape index (κ3) is 4.10. The number of fused-ring (bicyclic) bond motifs is 1. The van der Waals surface area contributed by atoms with E-state index in [1.54, 1.807) is 22.9 Å². The fraction of sp³-hybridized carbons (Fsp3) is 0.292. The second kappa shape index (κ2) is 8.92. The molecule has 8 heteroatoms. The smallest absolute Gasteiger partial charge is 0.348 e. The second-order valence-electron chi connectivity index (χ2n) is 7.74. The number of hydrogen-bond donors (Lipinski definition) is 0. The molecule has 0 radical (unpaired) electrons. The van der Waals surface area contributed by atoms with Gasteiger partial charge in [-0.15, -0.1) is 11.3 Å². The van der Waals surface area contributed by atoms with Crippen LogP contribution in [0.5, 0.6) is 0 Å². The van der Waals surface area contributed by atoms with Crippen LogP contribution in [-0.2, 0) is 11.3 Å². The summed E-state index contributed by atoms with van der Waals surface area (Å²) in [5.41, 5.74) is 4.21. The minimum atomic E-state index is -0.510. The lowest BCUT2D eigenvalue weighted by atomic mass is 10.1. The second-order valence-corrected chi connectivity index (χ2v) is 9.21. The van der Waals surface area contributed by atoms with E-state index in [4.69, 9.17) is 16.3 Å². The predicted molar refractivity (Wildman–Crippen MR) is 128 cm³/mol. The van der Waals surface area contributed by atoms with Crippen molar-refractivity contribution in [1.29, 1.82) is 0 Å². The van der Waals surface area contributed by atoms with Gasteiger partial charge in [-0.3, -0.25) is 4.79 Å². The van der Waals surface area contributed by atoms with E-state index in [0.29, 0.717) is 15.5 Å². The number of esters is 1. The molecular weight excluding hydrogens is 446 g/mol. The maximum Gasteiger partial charge on any atom is 0.348 e. The average molecular weight is 470 g/mol. The molecule has 32 heavy (non-hydrogen) atoms. The van der Waals surface area contributed by atoms with Gasteiger partial charge in [0.25, 0.3) is 0 Å². The summed E-state index contributed by atoms with van der Waals surface area (Å²) in [5.74, 6) is -0.706. The highest BCUT2D eigenvalue weighted by Gasteiger charge is 2.21. The number of carbonyl (C=O) groups is 2. The number of nitrogens with zero attached hydrogens (tertiary/aromatic N) is 3. The normalized spacial score (nSPS) is 11.3. The van der Waals surface area contributed by atoms with E-state index < -0.39 is 5.97 Å². The number of benzene rings is 1. The van der Waals surface area contributed by atoms with E-state index in [1.807, 2.05) is 39.0 Å². The number of rotatable bonds is 7. The summed E-state index contributed by atoms with van der Waals surface area (Å²) in [7, 11) is 0. The van der Waals surface area contributed by atoms with Gasteiger partial charge in [-0.2, -0.15) is 5.10 Å². The summed E-state index contributed by atoms with van der Waals surface area (Å²) in [6, 6.07) is 11.0. The number of thiophene rings is 1. The Kier molecular flexibility index (Phi) is 6.22. The first-order valence-electron chi connectivity index (χ1n) is 10.4. The molecule has 0 aliphatic rings. The number of aryl methyl sites for hydroxylation is 2. The van der Waals surface area contributed by atoms with E-state index in [9.17, 15) is 9.59 Å². The Hall–Kier alpha value is -2.90. The van der Waals surface area contributed by atoms with Crippen molar-refractivity contribution in [3.05, 3.63) is 68.9 Å². The quantitative estimate of drug-likeness (QED) is 0.249. The van der Waals surface area contributed by atoms with Crippen molar-refractivity contribution in [1.82, 2.24) is 14.3 Å². The van der Waals surface area contributed by atoms with Crippen LogP contribution in [0.4, 0.5) is 0 Å². The van der Waals surface area contributed by atoms with Crippen molar-refractivity contribution < 1.29 is 14.3 Å². The van der Waals surface area contributed by atoms with Gasteiger partial charge in [0.15, 0.2) is 6.61 Å². The molecule has 3 aromatic heterocycles. The van der Waals surface area contributed by atoms with Crippen molar-refractivity contribution in [2.75, 3.05) is 6.61 Å². The molecule has 0 atom stereocenters. The Morgan fingerprint density at radius 3 is 2.53 bits per heavy atom. The summed E-state index contributed by atoms with van der Waals surface area (Å²) in [4.78, 5) is 26.7. The molecule has 0 unspecified atom stereocenters. The van der Waals surface area contributed by atoms with Crippen molar-refractivity contribution in [3.8, 4) is 5.69 Å². The molecule has 0 saturated carbocycles. The first-order chi connectivity index (χ1) is 15.3. The maximum atomic E-state index is 12.7. The number of carbonyl (C=O) groups excluding carboxylic acids is 2. The molecular formula is C24H24ClN3O3S. The fourth-order valence-electron chi connectivity index (χ4n) is 3.84. The van der Waals surface area contributed by atoms with Gasteiger partial charge >= 0.3 is 5.97 Å². The summed E-state index contributed by atoms with van der Waals surface area (Å²) in [5, 5.41) is 6.10. The van der Waals surface area contributed by atoms with Crippen LogP contribution in [0.15, 0.2) is 36.4 Å². The number of aromatic nitrogens is 3. The molecule has 3 heterocycles. The number of ketones is 1. The van der Waals surface area contributed by atoms with Gasteiger partial charge in [-0.05, 0) is 63.6 Å². The van der Waals surface area contributed by atoms with Crippen LogP contribution in [0.2, 0.25) is 5.02 Å². The molecule has 6 nitrogen and oxygen atoms in total. The van der Waals surface area contributed by atoms with Gasteiger partial charge in [-0.1, -0.05) is 18.5 Å². The highest BCUT2D eigenvalue weighted by atomic mass is 35.5. The predicted octanol–water partition coefficient (Wildman–Crippen LogP) is 5.92. The number of halogens is 1. The zero-order valence-corrected chi connectivity index (χ0v) is 20.0. The van der Waals surface area contributed by atoms with Gasteiger partial charge in [0, 0.05) is 33.9 Å². The number of Topliss-reactive ketones (excluding diaryl/α,β-unsaturated/α-hetero) is 1. The minimum absolute atomic E-state index is 0.196. The third-order valence-electron chi connectivity index (χ3n) is 5.47. The van der Waals surface area contributed by atoms with E-state index in [2.05, 4.69) is 16.6 Å². The first kappa shape index (κ1) is 22.3. The van der Waals surface area contributed by atoms with Crippen LogP contribution in [0.3, 0.4) is 0 Å². The van der Waals surface area contributed by atoms with Gasteiger partial charge in [-0.25, -0.2) is 9.48 Å². The minimum Gasteiger partial charge on any atom is -0.453 e. The molecule has 0 N–H and O–H groups in total. The van der Waals surface area contributed by atoms with Gasteiger partial charge < -0.3 is 9.30 Å². The molecule has 1 aromatic carbocycles. The molecule has 0 bridgehead atoms. The summed E-state index contributed by atoms with van der Waals surface area (Å²) >= 11 is 7.28. The topological polar surface area (TPSA) is 66.1 Å². The average Bonchev–Trinajstić information content (AvgIpc) is 3.42. The van der Waals surface area contributed by atoms with Crippen molar-refractivity contribution >= 4 is 44.9 Å². The van der Waals surface area contributed by atoms with Crippen LogP contribution < -0.4 is 0 Å². The standard InChI is InChI=1S/C24H24ClN3O3S/c1-5-10-27-14(2)11-20(16(27)4)21(29)13-31-24(30)22-12-19-15(3)26-28(23(19)32-22)18-8-6-17(25)7-9-18/h6-9,11-12H,5,10,13H2,1-4H3. The summed E-state index contributed by atoms with van der Waals surface area (Å²) < 4.78 is 9.28. The molecule has 0 spiro atoms. The SMILES string of the molecule is CCCn1c(C)cc(C(=O)COC(=O)c2cc3c(C)nn(-c4ccc(Cl)cc4)c3s2)c1C. The maximum absolute atomic E-state index is 12.7. The van der Waals surface area contributed by atoms with E-state index >= 15 is 0 Å². The lowest BCUT2D eigenvalue weighted by molar-refractivity contribution is 0.0479. The third-order valence-corrected chi connectivity index (χ3v) is 6.82. The van der Waals surface area contributed by atoms with Crippen molar-refractivity contribution in [2.45, 2.75) is 40.7 Å². The summed E-state index contributed by atoms with van der Waals surface area (Å²) in [6.45, 7) is 8.47. The Bertz CT molecular complexity index is 1310. The van der Waals surface area contributed by atoms with Crippen molar-refractivity contribution in [2.24, 2.45) is 0 Å². The zero-order valence-electron chi connectivity index (χ0n) is 18.4.